The van der Waals surface area contributed by atoms with Crippen LogP contribution in [0, 0.1) is 11.6 Å². The molecule has 0 radical (unpaired) electrons. The summed E-state index contributed by atoms with van der Waals surface area (Å²) in [6.07, 6.45) is 2.46. The van der Waals surface area contributed by atoms with Crippen LogP contribution >= 0.6 is 0 Å². The van der Waals surface area contributed by atoms with Crippen molar-refractivity contribution in [3.8, 4) is 0 Å². The Morgan fingerprint density at radius 2 is 1.93 bits per heavy atom. The topological polar surface area (TPSA) is 98.8 Å². The summed E-state index contributed by atoms with van der Waals surface area (Å²) in [6.45, 7) is 4.29. The van der Waals surface area contributed by atoms with Gasteiger partial charge in [-0.25, -0.2) is 26.8 Å². The third-order valence-electron chi connectivity index (χ3n) is 3.92. The molecular weight excluding hydrogens is 408 g/mol. The Bertz CT molecular complexity index is 921. The highest BCUT2D eigenvalue weighted by Gasteiger charge is 2.36. The molecule has 1 aliphatic carbocycles. The summed E-state index contributed by atoms with van der Waals surface area (Å²) < 4.78 is 64.3. The Morgan fingerprint density at radius 1 is 1.24 bits per heavy atom. The zero-order valence-corrected chi connectivity index (χ0v) is 17.1. The van der Waals surface area contributed by atoms with Crippen molar-refractivity contribution in [2.45, 2.75) is 50.9 Å². The van der Waals surface area contributed by atoms with E-state index in [1.54, 1.807) is 20.8 Å². The van der Waals surface area contributed by atoms with Crippen LogP contribution in [0.3, 0.4) is 0 Å². The second-order valence-electron chi connectivity index (χ2n) is 7.51. The molecule has 0 heterocycles. The summed E-state index contributed by atoms with van der Waals surface area (Å²) in [4.78, 5) is 24.1. The predicted molar refractivity (Wildman–Crippen MR) is 101 cm³/mol. The largest absolute Gasteiger partial charge is 0.457 e. The average Bonchev–Trinajstić information content (AvgIpc) is 2.60. The van der Waals surface area contributed by atoms with Crippen LogP contribution in [0.1, 0.15) is 40.0 Å². The molecule has 1 aromatic carbocycles. The number of rotatable bonds is 6. The third-order valence-corrected chi connectivity index (χ3v) is 5.66. The minimum absolute atomic E-state index is 0.103. The maximum atomic E-state index is 13.8. The molecule has 0 saturated carbocycles. The van der Waals surface area contributed by atoms with Gasteiger partial charge < -0.3 is 9.47 Å². The molecule has 1 unspecified atom stereocenters. The molecule has 1 atom stereocenters. The molecule has 1 N–H and O–H groups in total. The summed E-state index contributed by atoms with van der Waals surface area (Å²) in [5, 5.41) is -1.30. The summed E-state index contributed by atoms with van der Waals surface area (Å²) in [5.41, 5.74) is -1.34. The molecule has 0 saturated heterocycles. The first kappa shape index (κ1) is 22.8. The highest BCUT2D eigenvalue weighted by Crippen LogP contribution is 2.28. The lowest BCUT2D eigenvalue weighted by atomic mass is 9.99. The molecule has 2 rings (SSSR count). The van der Waals surface area contributed by atoms with Gasteiger partial charge in [-0.1, -0.05) is 6.08 Å². The van der Waals surface area contributed by atoms with E-state index in [2.05, 4.69) is 4.72 Å². The van der Waals surface area contributed by atoms with Crippen molar-refractivity contribution < 1.29 is 36.3 Å². The maximum absolute atomic E-state index is 13.8. The van der Waals surface area contributed by atoms with Crippen LogP contribution in [0.5, 0.6) is 0 Å². The maximum Gasteiger partial charge on any atom is 0.344 e. The van der Waals surface area contributed by atoms with Gasteiger partial charge in [0.1, 0.15) is 22.5 Å². The van der Waals surface area contributed by atoms with Gasteiger partial charge in [0.25, 0.3) is 0 Å². The Morgan fingerprint density at radius 3 is 2.55 bits per heavy atom. The fourth-order valence-electron chi connectivity index (χ4n) is 2.76. The van der Waals surface area contributed by atoms with E-state index in [1.165, 1.54) is 6.08 Å². The molecule has 0 bridgehead atoms. The summed E-state index contributed by atoms with van der Waals surface area (Å²) in [6, 6.07) is 2.41. The van der Waals surface area contributed by atoms with Crippen molar-refractivity contribution in [1.29, 1.82) is 0 Å². The standard InChI is InChI=1S/C19H23F2NO6S/c1-19(2,3)28-17(23)11-27-18(24)13-6-4-5-7-16(13)29(25,26)22-15-9-8-12(20)10-14(15)21/h6,8-10,16,22H,4-5,7,11H2,1-3H3. The number of nitrogens with one attached hydrogen (secondary N) is 1. The Kier molecular flexibility index (Phi) is 6.99. The lowest BCUT2D eigenvalue weighted by Crippen LogP contribution is -2.35. The molecule has 1 aromatic rings. The number of esters is 2. The highest BCUT2D eigenvalue weighted by atomic mass is 32.2. The van der Waals surface area contributed by atoms with Crippen LogP contribution < -0.4 is 4.72 Å². The lowest BCUT2D eigenvalue weighted by molar-refractivity contribution is -0.165. The van der Waals surface area contributed by atoms with Crippen molar-refractivity contribution in [3.63, 3.8) is 0 Å². The van der Waals surface area contributed by atoms with Gasteiger partial charge in [0.2, 0.25) is 10.0 Å². The molecule has 29 heavy (non-hydrogen) atoms. The minimum Gasteiger partial charge on any atom is -0.457 e. The number of hydrogen-bond donors (Lipinski definition) is 1. The van der Waals surface area contributed by atoms with Gasteiger partial charge in [-0.15, -0.1) is 0 Å². The minimum atomic E-state index is -4.23. The Labute approximate surface area is 168 Å². The molecule has 10 heteroatoms. The summed E-state index contributed by atoms with van der Waals surface area (Å²) in [5.74, 6) is -3.67. The van der Waals surface area contributed by atoms with Gasteiger partial charge in [0, 0.05) is 6.07 Å². The average molecular weight is 431 g/mol. The van der Waals surface area contributed by atoms with Crippen LogP contribution in [0.2, 0.25) is 0 Å². The fraction of sp³-hybridized carbons (Fsp3) is 0.474. The zero-order valence-electron chi connectivity index (χ0n) is 16.3. The Hall–Kier alpha value is -2.49. The summed E-state index contributed by atoms with van der Waals surface area (Å²) >= 11 is 0. The van der Waals surface area contributed by atoms with Gasteiger partial charge in [-0.3, -0.25) is 4.72 Å². The first-order valence-electron chi connectivity index (χ1n) is 8.95. The number of ether oxygens (including phenoxy) is 2. The molecule has 0 fully saturated rings. The van der Waals surface area contributed by atoms with Gasteiger partial charge in [0.05, 0.1) is 11.3 Å². The van der Waals surface area contributed by atoms with E-state index >= 15 is 0 Å². The van der Waals surface area contributed by atoms with Crippen molar-refractivity contribution in [2.24, 2.45) is 0 Å². The molecule has 0 aromatic heterocycles. The molecule has 7 nitrogen and oxygen atoms in total. The van der Waals surface area contributed by atoms with Crippen LogP contribution in [0.25, 0.3) is 0 Å². The number of carbonyl (C=O) groups is 2. The van der Waals surface area contributed by atoms with Crippen molar-refractivity contribution in [2.75, 3.05) is 11.3 Å². The van der Waals surface area contributed by atoms with Gasteiger partial charge in [-0.2, -0.15) is 0 Å². The number of carbonyl (C=O) groups excluding carboxylic acids is 2. The van der Waals surface area contributed by atoms with E-state index in [4.69, 9.17) is 9.47 Å². The monoisotopic (exact) mass is 431 g/mol. The molecular formula is C19H23F2NO6S. The van der Waals surface area contributed by atoms with Crippen LogP contribution in [0.15, 0.2) is 29.8 Å². The number of anilines is 1. The smallest absolute Gasteiger partial charge is 0.344 e. The van der Waals surface area contributed by atoms with Gasteiger partial charge >= 0.3 is 11.9 Å². The van der Waals surface area contributed by atoms with E-state index in [0.717, 1.165) is 12.1 Å². The van der Waals surface area contributed by atoms with Crippen LogP contribution in [-0.2, 0) is 29.1 Å². The van der Waals surface area contributed by atoms with Crippen LogP contribution in [-0.4, -0.2) is 37.8 Å². The second kappa shape index (κ2) is 8.89. The third kappa shape index (κ3) is 6.52. The number of sulfonamides is 1. The lowest BCUT2D eigenvalue weighted by Gasteiger charge is -2.24. The summed E-state index contributed by atoms with van der Waals surface area (Å²) in [7, 11) is -4.23. The molecule has 0 aliphatic heterocycles. The van der Waals surface area contributed by atoms with E-state index < -0.39 is 56.7 Å². The van der Waals surface area contributed by atoms with E-state index in [1.807, 2.05) is 0 Å². The van der Waals surface area contributed by atoms with Crippen molar-refractivity contribution >= 4 is 27.6 Å². The normalized spacial score (nSPS) is 17.3. The van der Waals surface area contributed by atoms with E-state index in [-0.39, 0.29) is 12.0 Å². The molecule has 0 amide bonds. The van der Waals surface area contributed by atoms with E-state index in [0.29, 0.717) is 18.9 Å². The molecule has 1 aliphatic rings. The number of hydrogen-bond acceptors (Lipinski definition) is 6. The van der Waals surface area contributed by atoms with Gasteiger partial charge in [0.15, 0.2) is 6.61 Å². The van der Waals surface area contributed by atoms with Crippen LogP contribution in [0.4, 0.5) is 14.5 Å². The predicted octanol–water partition coefficient (Wildman–Crippen LogP) is 3.07. The number of allylic oxidation sites excluding steroid dienone is 1. The van der Waals surface area contributed by atoms with Crippen molar-refractivity contribution in [1.82, 2.24) is 0 Å². The Balaban J connectivity index is 2.12. The fourth-order valence-corrected chi connectivity index (χ4v) is 4.38. The molecule has 0 spiro atoms. The van der Waals surface area contributed by atoms with E-state index in [9.17, 15) is 26.8 Å². The quantitative estimate of drug-likeness (QED) is 0.695. The van der Waals surface area contributed by atoms with Gasteiger partial charge in [-0.05, 0) is 52.2 Å². The first-order valence-corrected chi connectivity index (χ1v) is 10.5. The number of benzene rings is 1. The van der Waals surface area contributed by atoms with Crippen molar-refractivity contribution in [3.05, 3.63) is 41.5 Å². The molecule has 160 valence electrons. The SMILES string of the molecule is CC(C)(C)OC(=O)COC(=O)C1=CCCCC1S(=O)(=O)Nc1ccc(F)cc1F. The number of halogens is 2. The first-order chi connectivity index (χ1) is 13.4. The highest BCUT2D eigenvalue weighted by molar-refractivity contribution is 7.93. The zero-order chi connectivity index (χ0) is 21.8. The second-order valence-corrected chi connectivity index (χ2v) is 9.38.